The van der Waals surface area contributed by atoms with Gasteiger partial charge in [-0.05, 0) is 163 Å². The summed E-state index contributed by atoms with van der Waals surface area (Å²) in [6.45, 7) is 16.8. The van der Waals surface area contributed by atoms with Gasteiger partial charge in [0, 0.05) is 31.8 Å². The van der Waals surface area contributed by atoms with Crippen LogP contribution in [0.2, 0.25) is 0 Å². The van der Waals surface area contributed by atoms with Crippen LogP contribution in [0.1, 0.15) is 117 Å². The van der Waals surface area contributed by atoms with E-state index in [0.717, 1.165) is 123 Å². The smallest absolute Gasteiger partial charge is 0.0637 e. The molecule has 4 saturated carbocycles. The van der Waals surface area contributed by atoms with Crippen molar-refractivity contribution in [1.29, 1.82) is 0 Å². The molecule has 0 aromatic heterocycles. The van der Waals surface area contributed by atoms with Crippen LogP contribution in [0.3, 0.4) is 0 Å². The lowest BCUT2D eigenvalue weighted by molar-refractivity contribution is -0.228. The molecule has 7 unspecified atom stereocenters. The third-order valence-corrected chi connectivity index (χ3v) is 13.7. The molecule has 7 heteroatoms. The van der Waals surface area contributed by atoms with Crippen molar-refractivity contribution in [3.8, 4) is 0 Å². The summed E-state index contributed by atoms with van der Waals surface area (Å²) in [7, 11) is 0. The first-order valence-corrected chi connectivity index (χ1v) is 19.5. The van der Waals surface area contributed by atoms with E-state index in [4.69, 9.17) is 31.4 Å². The summed E-state index contributed by atoms with van der Waals surface area (Å²) in [5, 5.41) is 9.79. The fraction of sp³-hybridized carbons (Fsp3) is 0.949. The van der Waals surface area contributed by atoms with Crippen molar-refractivity contribution in [3.63, 3.8) is 0 Å². The van der Waals surface area contributed by atoms with Gasteiger partial charge in [-0.25, -0.2) is 0 Å². The van der Waals surface area contributed by atoms with Crippen molar-refractivity contribution >= 4 is 0 Å². The molecule has 0 aromatic rings. The summed E-state index contributed by atoms with van der Waals surface area (Å²) in [5.41, 5.74) is 17.9. The second kappa shape index (κ2) is 18.5. The van der Waals surface area contributed by atoms with Gasteiger partial charge in [0.2, 0.25) is 0 Å². The van der Waals surface area contributed by atoms with E-state index in [1.165, 1.54) is 12.8 Å². The highest BCUT2D eigenvalue weighted by Gasteiger charge is 2.68. The van der Waals surface area contributed by atoms with Gasteiger partial charge in [0.05, 0.1) is 18.3 Å². The normalized spacial score (nSPS) is 39.4. The van der Waals surface area contributed by atoms with Crippen LogP contribution in [0, 0.1) is 52.3 Å². The Bertz CT molecular complexity index is 891. The van der Waals surface area contributed by atoms with Gasteiger partial charge in [0.1, 0.15) is 0 Å². The molecule has 0 aromatic carbocycles. The fourth-order valence-corrected chi connectivity index (χ4v) is 11.5. The van der Waals surface area contributed by atoms with Gasteiger partial charge in [-0.2, -0.15) is 0 Å². The van der Waals surface area contributed by atoms with Crippen LogP contribution in [-0.2, 0) is 14.2 Å². The quantitative estimate of drug-likeness (QED) is 0.0834. The number of ether oxygens (including phenoxy) is 3. The topological polar surface area (TPSA) is 126 Å². The molecule has 0 aliphatic heterocycles. The highest BCUT2D eigenvalue weighted by Crippen LogP contribution is 2.70. The Hall–Kier alpha value is -0.540. The van der Waals surface area contributed by atoms with Gasteiger partial charge >= 0.3 is 0 Å². The maximum Gasteiger partial charge on any atom is 0.0637 e. The fourth-order valence-electron chi connectivity index (χ4n) is 11.5. The summed E-state index contributed by atoms with van der Waals surface area (Å²) in [5.74, 6) is 3.95. The molecular formula is C39H73N3O4. The van der Waals surface area contributed by atoms with E-state index in [1.54, 1.807) is 0 Å². The van der Waals surface area contributed by atoms with Crippen LogP contribution < -0.4 is 17.2 Å². The van der Waals surface area contributed by atoms with E-state index in [0.29, 0.717) is 47.5 Å². The van der Waals surface area contributed by atoms with Gasteiger partial charge < -0.3 is 36.5 Å². The second-order valence-electron chi connectivity index (χ2n) is 16.2. The van der Waals surface area contributed by atoms with Gasteiger partial charge in [0.25, 0.3) is 0 Å². The Balaban J connectivity index is 1.69. The maximum absolute atomic E-state index is 9.79. The average Bonchev–Trinajstić information content (AvgIpc) is 3.35. The molecule has 4 aliphatic rings. The summed E-state index contributed by atoms with van der Waals surface area (Å²) in [4.78, 5) is 0. The molecule has 4 aliphatic carbocycles. The van der Waals surface area contributed by atoms with Crippen molar-refractivity contribution in [1.82, 2.24) is 0 Å². The highest BCUT2D eigenvalue weighted by atomic mass is 16.5. The average molecular weight is 648 g/mol. The van der Waals surface area contributed by atoms with Crippen LogP contribution in [0.15, 0.2) is 12.7 Å². The number of aliphatic hydroxyl groups excluding tert-OH is 1. The third kappa shape index (κ3) is 8.42. The zero-order valence-electron chi connectivity index (χ0n) is 30.0. The van der Waals surface area contributed by atoms with E-state index in [2.05, 4.69) is 33.4 Å². The van der Waals surface area contributed by atoms with Crippen molar-refractivity contribution < 1.29 is 19.3 Å². The molecule has 7 N–H and O–H groups in total. The van der Waals surface area contributed by atoms with E-state index >= 15 is 0 Å². The number of nitrogens with two attached hydrogens (primary N) is 3. The Morgan fingerprint density at radius 1 is 0.826 bits per heavy atom. The SMILES string of the molecule is C=CCC1C[C@H]2C3[C@H](OCCCCN)CC4C[C@H](OCCCCN)CCC4(C)[C@H]3C[C@H](OCCCCN)C2(C)C1C(C)CCCO. The number of fused-ring (bicyclic) bond motifs is 5. The first-order valence-electron chi connectivity index (χ1n) is 19.5. The van der Waals surface area contributed by atoms with Crippen molar-refractivity contribution in [2.24, 2.45) is 69.5 Å². The molecule has 46 heavy (non-hydrogen) atoms. The molecule has 0 spiro atoms. The Morgan fingerprint density at radius 3 is 2.11 bits per heavy atom. The number of hydrogen-bond acceptors (Lipinski definition) is 7. The van der Waals surface area contributed by atoms with Crippen LogP contribution in [0.4, 0.5) is 0 Å². The summed E-state index contributed by atoms with van der Waals surface area (Å²) < 4.78 is 20.6. The van der Waals surface area contributed by atoms with E-state index in [-0.39, 0.29) is 29.6 Å². The minimum absolute atomic E-state index is 0.0673. The molecule has 7 nitrogen and oxygen atoms in total. The maximum atomic E-state index is 9.79. The van der Waals surface area contributed by atoms with Gasteiger partial charge in [-0.1, -0.05) is 26.8 Å². The van der Waals surface area contributed by atoms with Gasteiger partial charge in [-0.15, -0.1) is 6.58 Å². The van der Waals surface area contributed by atoms with Crippen molar-refractivity contribution in [2.75, 3.05) is 46.1 Å². The molecule has 0 saturated heterocycles. The molecule has 4 fully saturated rings. The van der Waals surface area contributed by atoms with Gasteiger partial charge in [-0.3, -0.25) is 0 Å². The summed E-state index contributed by atoms with van der Waals surface area (Å²) >= 11 is 0. The zero-order chi connectivity index (χ0) is 33.2. The molecule has 12 atom stereocenters. The first kappa shape index (κ1) is 38.3. The molecule has 268 valence electrons. The Kier molecular flexibility index (Phi) is 15.3. The Labute approximate surface area is 282 Å². The third-order valence-electron chi connectivity index (χ3n) is 13.7. The largest absolute Gasteiger partial charge is 0.396 e. The molecule has 0 radical (unpaired) electrons. The molecule has 4 rings (SSSR count). The zero-order valence-corrected chi connectivity index (χ0v) is 30.0. The van der Waals surface area contributed by atoms with Crippen molar-refractivity contribution in [2.45, 2.75) is 135 Å². The molecular weight excluding hydrogens is 574 g/mol. The number of aliphatic hydroxyl groups is 1. The van der Waals surface area contributed by atoms with Crippen molar-refractivity contribution in [3.05, 3.63) is 12.7 Å². The van der Waals surface area contributed by atoms with Crippen LogP contribution in [-0.4, -0.2) is 69.5 Å². The molecule has 0 bridgehead atoms. The molecule has 0 heterocycles. The number of hydrogen-bond donors (Lipinski definition) is 4. The molecule has 0 amide bonds. The first-order chi connectivity index (χ1) is 22.3. The highest BCUT2D eigenvalue weighted by molar-refractivity contribution is 5.17. The predicted molar refractivity (Wildman–Crippen MR) is 189 cm³/mol. The second-order valence-corrected chi connectivity index (χ2v) is 16.2. The lowest BCUT2D eigenvalue weighted by atomic mass is 9.43. The lowest BCUT2D eigenvalue weighted by Gasteiger charge is -2.65. The Morgan fingerprint density at radius 2 is 1.48 bits per heavy atom. The minimum Gasteiger partial charge on any atom is -0.396 e. The number of allylic oxidation sites excluding steroid dienone is 1. The number of unbranched alkanes of at least 4 members (excludes halogenated alkanes) is 3. The van der Waals surface area contributed by atoms with E-state index < -0.39 is 0 Å². The summed E-state index contributed by atoms with van der Waals surface area (Å²) in [6.07, 6.45) is 19.2. The van der Waals surface area contributed by atoms with Crippen LogP contribution >= 0.6 is 0 Å². The summed E-state index contributed by atoms with van der Waals surface area (Å²) in [6, 6.07) is 0. The predicted octanol–water partition coefficient (Wildman–Crippen LogP) is 6.45. The standard InChI is InChI=1S/C39H73N3O4/c1-5-13-29-24-33-36-32(27-35(46-23-11-8-19-42)39(33,4)37(29)28(2)14-12-20-43)38(3)16-15-31(44-21-9-6-17-40)25-30(38)26-34(36)45-22-10-7-18-41/h5,28-37,43H,1,6-27,40-42H2,2-4H3/t28?,29?,30?,31-,32+,33+,34-,35+,36?,37?,38?,39?/m1/s1. The van der Waals surface area contributed by atoms with Crippen LogP contribution in [0.25, 0.3) is 0 Å². The lowest BCUT2D eigenvalue weighted by Crippen LogP contribution is -2.63. The monoisotopic (exact) mass is 648 g/mol. The van der Waals surface area contributed by atoms with Crippen LogP contribution in [0.5, 0.6) is 0 Å². The van der Waals surface area contributed by atoms with Gasteiger partial charge in [0.15, 0.2) is 0 Å². The van der Waals surface area contributed by atoms with E-state index in [1.807, 2.05) is 0 Å². The number of rotatable bonds is 21. The van der Waals surface area contributed by atoms with E-state index in [9.17, 15) is 5.11 Å². The minimum atomic E-state index is 0.0673.